The van der Waals surface area contributed by atoms with Crippen molar-refractivity contribution < 1.29 is 110 Å². The van der Waals surface area contributed by atoms with E-state index >= 15 is 0 Å². The SMILES string of the molecule is C.C=C(C)C(=O)OC1C2CC3C(=O)OC1C3C2.C=C(C)C(=O)OC1CC2CC1C1C(=O)OCC21.C=C(C)C(=O)OC1CCOC1=O.C=C(C)C(=O)OCC1CCC2OC2C1.C=C(C)C(=O)OCC1CO1.C=C(C)C(=O)OCC1COC(=O)O1. The van der Waals surface area contributed by atoms with E-state index in [2.05, 4.69) is 53.7 Å². The van der Waals surface area contributed by atoms with Crippen LogP contribution in [0.4, 0.5) is 4.79 Å². The molecule has 6 saturated heterocycles. The van der Waals surface area contributed by atoms with Crippen molar-refractivity contribution in [2.75, 3.05) is 46.2 Å². The average Bonchev–Trinajstić information content (AvgIpc) is 2.01. The van der Waals surface area contributed by atoms with Crippen molar-refractivity contribution in [1.29, 1.82) is 0 Å². The minimum absolute atomic E-state index is 0. The number of cyclic esters (lactones) is 4. The van der Waals surface area contributed by atoms with Crippen LogP contribution >= 0.6 is 0 Å². The molecule has 16 unspecified atom stereocenters. The summed E-state index contributed by atoms with van der Waals surface area (Å²) in [5, 5.41) is 0. The van der Waals surface area contributed by atoms with E-state index in [4.69, 9.17) is 47.4 Å². The third-order valence-electron chi connectivity index (χ3n) is 15.4. The number of rotatable bonds is 15. The lowest BCUT2D eigenvalue weighted by Crippen LogP contribution is -2.36. The number of fused-ring (bicyclic) bond motifs is 7. The predicted molar refractivity (Wildman–Crippen MR) is 289 cm³/mol. The highest BCUT2D eigenvalue weighted by atomic mass is 16.8. The molecule has 83 heavy (non-hydrogen) atoms. The van der Waals surface area contributed by atoms with Crippen molar-refractivity contribution in [3.05, 3.63) is 72.9 Å². The van der Waals surface area contributed by atoms with E-state index in [1.54, 1.807) is 34.6 Å². The van der Waals surface area contributed by atoms with Crippen molar-refractivity contribution in [2.45, 2.75) is 149 Å². The fourth-order valence-corrected chi connectivity index (χ4v) is 10.9. The Hall–Kier alpha value is -7.14. The van der Waals surface area contributed by atoms with E-state index in [1.165, 1.54) is 6.92 Å². The Morgan fingerprint density at radius 1 is 0.494 bits per heavy atom. The molecule has 0 amide bonds. The first-order valence-electron chi connectivity index (χ1n) is 27.4. The quantitative estimate of drug-likeness (QED) is 0.0759. The van der Waals surface area contributed by atoms with Gasteiger partial charge in [-0.3, -0.25) is 9.59 Å². The van der Waals surface area contributed by atoms with E-state index in [9.17, 15) is 47.9 Å². The summed E-state index contributed by atoms with van der Waals surface area (Å²) in [6, 6.07) is 0. The van der Waals surface area contributed by atoms with Gasteiger partial charge in [-0.2, -0.15) is 0 Å². The lowest BCUT2D eigenvalue weighted by atomic mass is 9.80. The topological polar surface area (TPSA) is 297 Å². The van der Waals surface area contributed by atoms with Gasteiger partial charge in [-0.05, 0) is 98.3 Å². The zero-order valence-electron chi connectivity index (χ0n) is 47.5. The Bertz CT molecular complexity index is 2560. The van der Waals surface area contributed by atoms with Gasteiger partial charge in [-0.15, -0.1) is 0 Å². The normalized spacial score (nSPS) is 31.8. The first-order valence-corrected chi connectivity index (χ1v) is 27.4. The van der Waals surface area contributed by atoms with E-state index in [-0.39, 0.29) is 110 Å². The number of carbonyl (C=O) groups is 10. The van der Waals surface area contributed by atoms with Crippen LogP contribution in [-0.4, -0.2) is 155 Å². The molecule has 0 spiro atoms. The third-order valence-corrected chi connectivity index (χ3v) is 15.4. The van der Waals surface area contributed by atoms with Gasteiger partial charge in [0.05, 0.1) is 50.5 Å². The third kappa shape index (κ3) is 18.7. The van der Waals surface area contributed by atoms with Gasteiger partial charge in [-0.1, -0.05) is 46.9 Å². The first-order chi connectivity index (χ1) is 38.7. The molecule has 11 aliphatic rings. The Morgan fingerprint density at radius 3 is 1.58 bits per heavy atom. The van der Waals surface area contributed by atoms with Crippen LogP contribution in [0.25, 0.3) is 0 Å². The molecular formula is C60H80O23. The number of hydrogen-bond donors (Lipinski definition) is 0. The molecule has 0 N–H and O–H groups in total. The number of epoxide rings is 2. The number of hydrogen-bond acceptors (Lipinski definition) is 23. The zero-order chi connectivity index (χ0) is 60.3. The second-order valence-corrected chi connectivity index (χ2v) is 22.4. The van der Waals surface area contributed by atoms with Crippen LogP contribution in [0.1, 0.15) is 100 Å². The van der Waals surface area contributed by atoms with Crippen molar-refractivity contribution in [1.82, 2.24) is 0 Å². The smallest absolute Gasteiger partial charge is 0.465 e. The van der Waals surface area contributed by atoms with Crippen LogP contribution < -0.4 is 0 Å². The lowest BCUT2D eigenvalue weighted by molar-refractivity contribution is -0.158. The van der Waals surface area contributed by atoms with Crippen molar-refractivity contribution in [3.8, 4) is 0 Å². The number of carbonyl (C=O) groups excluding carboxylic acids is 10. The Kier molecular flexibility index (Phi) is 24.0. The molecule has 0 aromatic carbocycles. The maximum atomic E-state index is 11.6. The molecule has 0 aromatic heterocycles. The van der Waals surface area contributed by atoms with E-state index in [0.717, 1.165) is 44.9 Å². The van der Waals surface area contributed by atoms with Crippen LogP contribution in [0.5, 0.6) is 0 Å². The van der Waals surface area contributed by atoms with E-state index in [0.29, 0.717) is 103 Å². The molecule has 23 nitrogen and oxygen atoms in total. The Labute approximate surface area is 483 Å². The standard InChI is InChI=1S/C13H16O4.C12H14O4.C11H16O3.C8H10O5.C8H10O4.C7H10O3.CH4/c1-6(2)12(14)17-10-4-7-3-8(10)11-9(7)5-16-13(11)15;1-5(2)11(13)15-9-6-3-7-8(4-6)12(14)16-10(7)9;1-7(2)11(12)13-6-8-3-4-9-10(5-8)14-9;1-5(2)7(9)11-3-6-4-12-8(10)13-6;1-5(2)7(9)12-6-3-4-11-8(6)10;1-5(2)7(8)10-4-6-3-9-6;/h7-11H,1,3-5H2,2H3;6-10H,1,3-4H2,2H3;8-10H,1,3-6H2,2H3;6H,1,3-4H2,2H3;6H,1,3-4H2,2H3;6H,1,3-4H2,2H3;1H4. The minimum atomic E-state index is -0.728. The van der Waals surface area contributed by atoms with Gasteiger partial charge in [0.15, 0.2) is 6.10 Å². The van der Waals surface area contributed by atoms with Gasteiger partial charge in [0.1, 0.15) is 44.2 Å². The molecule has 4 bridgehead atoms. The summed E-state index contributed by atoms with van der Waals surface area (Å²) in [7, 11) is 0. The maximum absolute atomic E-state index is 11.6. The summed E-state index contributed by atoms with van der Waals surface area (Å²) in [5.41, 5.74) is 2.31. The van der Waals surface area contributed by atoms with Crippen LogP contribution in [0.15, 0.2) is 72.9 Å². The lowest BCUT2D eigenvalue weighted by Gasteiger charge is -2.28. The molecule has 16 atom stereocenters. The van der Waals surface area contributed by atoms with Crippen LogP contribution in [-0.2, 0) is 105 Å². The largest absolute Gasteiger partial charge is 0.508 e. The van der Waals surface area contributed by atoms with Gasteiger partial charge >= 0.3 is 59.9 Å². The number of esters is 9. The second kappa shape index (κ2) is 29.9. The van der Waals surface area contributed by atoms with Crippen molar-refractivity contribution in [3.63, 3.8) is 0 Å². The highest BCUT2D eigenvalue weighted by Crippen LogP contribution is 2.57. The van der Waals surface area contributed by atoms with Gasteiger partial charge < -0.3 is 61.6 Å². The van der Waals surface area contributed by atoms with Gasteiger partial charge in [0.25, 0.3) is 0 Å². The fraction of sp³-hybridized carbons (Fsp3) is 0.633. The summed E-state index contributed by atoms with van der Waals surface area (Å²) < 4.78 is 64.5. The molecule has 0 aromatic rings. The highest BCUT2D eigenvalue weighted by Gasteiger charge is 2.63. The number of ether oxygens (including phenoxy) is 13. The molecular weight excluding hydrogens is 1090 g/mol. The predicted octanol–water partition coefficient (Wildman–Crippen LogP) is 6.24. The summed E-state index contributed by atoms with van der Waals surface area (Å²) in [6.07, 6.45) is 6.00. The van der Waals surface area contributed by atoms with Crippen LogP contribution in [0, 0.1) is 47.3 Å². The molecule has 6 heterocycles. The molecule has 11 fully saturated rings. The summed E-state index contributed by atoms with van der Waals surface area (Å²) in [4.78, 5) is 111. The molecule has 6 aliphatic heterocycles. The van der Waals surface area contributed by atoms with E-state index < -0.39 is 36.3 Å². The molecule has 11 rings (SSSR count). The average molecular weight is 1170 g/mol. The summed E-state index contributed by atoms with van der Waals surface area (Å²) >= 11 is 0. The van der Waals surface area contributed by atoms with Crippen molar-refractivity contribution in [2.24, 2.45) is 47.3 Å². The minimum Gasteiger partial charge on any atom is -0.465 e. The molecule has 5 aliphatic carbocycles. The van der Waals surface area contributed by atoms with Gasteiger partial charge in [0.2, 0.25) is 6.10 Å². The summed E-state index contributed by atoms with van der Waals surface area (Å²) in [5.74, 6) is -0.920. The van der Waals surface area contributed by atoms with Gasteiger partial charge in [0, 0.05) is 63.5 Å². The molecule has 23 heteroatoms. The molecule has 458 valence electrons. The monoisotopic (exact) mass is 1170 g/mol. The van der Waals surface area contributed by atoms with Gasteiger partial charge in [-0.25, -0.2) is 38.4 Å². The first kappa shape index (κ1) is 66.7. The zero-order valence-corrected chi connectivity index (χ0v) is 47.5. The maximum Gasteiger partial charge on any atom is 0.508 e. The van der Waals surface area contributed by atoms with Crippen molar-refractivity contribution >= 4 is 59.9 Å². The molecule has 0 radical (unpaired) electrons. The van der Waals surface area contributed by atoms with Crippen LogP contribution in [0.2, 0.25) is 0 Å². The van der Waals surface area contributed by atoms with Crippen LogP contribution in [0.3, 0.4) is 0 Å². The molecule has 5 saturated carbocycles. The van der Waals surface area contributed by atoms with E-state index in [1.807, 2.05) is 0 Å². The summed E-state index contributed by atoms with van der Waals surface area (Å²) in [6.45, 7) is 33.2. The Morgan fingerprint density at radius 2 is 1.05 bits per heavy atom. The highest BCUT2D eigenvalue weighted by molar-refractivity contribution is 5.90. The Balaban J connectivity index is 0.000000184. The fourth-order valence-electron chi connectivity index (χ4n) is 10.9. The second-order valence-electron chi connectivity index (χ2n) is 22.4.